The van der Waals surface area contributed by atoms with Gasteiger partial charge in [-0.2, -0.15) is 0 Å². The first-order valence-electron chi connectivity index (χ1n) is 19.0. The summed E-state index contributed by atoms with van der Waals surface area (Å²) >= 11 is 4.07. The molecule has 0 bridgehead atoms. The summed E-state index contributed by atoms with van der Waals surface area (Å²) in [5.74, 6) is 0. The van der Waals surface area contributed by atoms with E-state index >= 15 is 0 Å². The third-order valence-electron chi connectivity index (χ3n) is 12.2. The van der Waals surface area contributed by atoms with Crippen molar-refractivity contribution in [2.24, 2.45) is 0 Å². The van der Waals surface area contributed by atoms with E-state index in [1.807, 2.05) is 6.07 Å². The number of nitrogens with zero attached hydrogens (tertiary/aromatic N) is 1. The van der Waals surface area contributed by atoms with Gasteiger partial charge in [-0.25, -0.2) is 0 Å². The molecule has 3 heteroatoms. The van der Waals surface area contributed by atoms with E-state index in [0.717, 1.165) is 43.5 Å². The van der Waals surface area contributed by atoms with Gasteiger partial charge in [0.2, 0.25) is 0 Å². The average Bonchev–Trinajstić information content (AvgIpc) is 3.82. The van der Waals surface area contributed by atoms with E-state index in [4.69, 9.17) is 4.42 Å². The monoisotopic (exact) mass is 769 g/mol. The second-order valence-electron chi connectivity index (χ2n) is 15.4. The Morgan fingerprint density at radius 1 is 0.418 bits per heavy atom. The van der Waals surface area contributed by atoms with Gasteiger partial charge in [-0.15, -0.1) is 0 Å². The van der Waals surface area contributed by atoms with Gasteiger partial charge < -0.3 is 9.32 Å². The SMILES string of the molecule is CC1(C)c2ccccc2-c2ccc(N(c3ccc4c(c3)oc3ccccc34)c3ccccc3C3(c4ccccc4Br)c4ccccc4-c4ccccc43)cc21. The standard InChI is InChI=1S/C52H36BrNO/c1-51(2)41-19-7-3-15-35(41)38-29-27-33(31-46(38)51)54(34-28-30-40-39-18-6-14-26-49(39)55-50(40)32-34)48-25-13-11-23-45(48)52(44-22-10-12-24-47(44)53)42-20-8-4-16-36(42)37-17-5-9-21-43(37)52/h3-32H,1-2H3. The third kappa shape index (κ3) is 4.48. The molecule has 55 heavy (non-hydrogen) atoms. The number of furan rings is 1. The van der Waals surface area contributed by atoms with Crippen LogP contribution in [0.2, 0.25) is 0 Å². The van der Waals surface area contributed by atoms with E-state index in [-0.39, 0.29) is 5.41 Å². The molecular formula is C52H36BrNO. The highest BCUT2D eigenvalue weighted by molar-refractivity contribution is 9.10. The van der Waals surface area contributed by atoms with Crippen molar-refractivity contribution >= 4 is 54.9 Å². The summed E-state index contributed by atoms with van der Waals surface area (Å²) in [7, 11) is 0. The molecule has 0 aliphatic heterocycles. The van der Waals surface area contributed by atoms with Crippen molar-refractivity contribution in [3.05, 3.63) is 220 Å². The molecule has 9 aromatic rings. The highest BCUT2D eigenvalue weighted by Crippen LogP contribution is 2.60. The molecule has 0 atom stereocenters. The number of hydrogen-bond acceptors (Lipinski definition) is 2. The molecule has 1 heterocycles. The van der Waals surface area contributed by atoms with Crippen molar-refractivity contribution in [3.63, 3.8) is 0 Å². The Bertz CT molecular complexity index is 2960. The van der Waals surface area contributed by atoms with E-state index in [2.05, 4.69) is 211 Å². The van der Waals surface area contributed by atoms with E-state index in [9.17, 15) is 0 Å². The molecule has 0 saturated heterocycles. The van der Waals surface area contributed by atoms with Gasteiger partial charge in [-0.1, -0.05) is 163 Å². The summed E-state index contributed by atoms with van der Waals surface area (Å²) in [5.41, 5.74) is 17.0. The minimum Gasteiger partial charge on any atom is -0.456 e. The fourth-order valence-electron chi connectivity index (χ4n) is 9.82. The van der Waals surface area contributed by atoms with Crippen molar-refractivity contribution in [1.82, 2.24) is 0 Å². The summed E-state index contributed by atoms with van der Waals surface area (Å²) in [6, 6.07) is 66.6. The zero-order chi connectivity index (χ0) is 36.9. The van der Waals surface area contributed by atoms with Crippen LogP contribution >= 0.6 is 15.9 Å². The Morgan fingerprint density at radius 3 is 1.65 bits per heavy atom. The van der Waals surface area contributed by atoms with Crippen LogP contribution in [0.1, 0.15) is 47.2 Å². The van der Waals surface area contributed by atoms with Crippen molar-refractivity contribution in [3.8, 4) is 22.3 Å². The predicted molar refractivity (Wildman–Crippen MR) is 231 cm³/mol. The highest BCUT2D eigenvalue weighted by Gasteiger charge is 2.48. The normalized spacial score (nSPS) is 14.4. The second-order valence-corrected chi connectivity index (χ2v) is 16.2. The first-order valence-corrected chi connectivity index (χ1v) is 19.8. The summed E-state index contributed by atoms with van der Waals surface area (Å²) in [6.45, 7) is 4.71. The lowest BCUT2D eigenvalue weighted by Gasteiger charge is -2.39. The predicted octanol–water partition coefficient (Wildman–Crippen LogP) is 14.5. The minimum atomic E-state index is -0.627. The summed E-state index contributed by atoms with van der Waals surface area (Å²) in [6.07, 6.45) is 0. The lowest BCUT2D eigenvalue weighted by atomic mass is 9.67. The van der Waals surface area contributed by atoms with E-state index < -0.39 is 5.41 Å². The van der Waals surface area contributed by atoms with Crippen molar-refractivity contribution < 1.29 is 4.42 Å². The molecule has 2 aliphatic rings. The van der Waals surface area contributed by atoms with Crippen LogP contribution in [0.4, 0.5) is 17.1 Å². The molecule has 262 valence electrons. The van der Waals surface area contributed by atoms with Crippen LogP contribution in [0.25, 0.3) is 44.2 Å². The molecule has 0 spiro atoms. The maximum Gasteiger partial charge on any atom is 0.137 e. The first kappa shape index (κ1) is 32.3. The Morgan fingerprint density at radius 2 is 0.927 bits per heavy atom. The molecular weight excluding hydrogens is 734 g/mol. The number of rotatable bonds is 5. The molecule has 8 aromatic carbocycles. The topological polar surface area (TPSA) is 16.4 Å². The van der Waals surface area contributed by atoms with Crippen LogP contribution in [0, 0.1) is 0 Å². The lowest BCUT2D eigenvalue weighted by molar-refractivity contribution is 0.660. The van der Waals surface area contributed by atoms with Gasteiger partial charge in [0.15, 0.2) is 0 Å². The van der Waals surface area contributed by atoms with Gasteiger partial charge in [0, 0.05) is 38.1 Å². The zero-order valence-corrected chi connectivity index (χ0v) is 32.1. The third-order valence-corrected chi connectivity index (χ3v) is 12.9. The largest absolute Gasteiger partial charge is 0.456 e. The number of halogens is 1. The Balaban J connectivity index is 1.23. The number of para-hydroxylation sites is 2. The molecule has 1 aromatic heterocycles. The van der Waals surface area contributed by atoms with Crippen molar-refractivity contribution in [2.75, 3.05) is 4.90 Å². The van der Waals surface area contributed by atoms with Gasteiger partial charge >= 0.3 is 0 Å². The van der Waals surface area contributed by atoms with Crippen LogP contribution in [0.5, 0.6) is 0 Å². The Kier molecular flexibility index (Phi) is 7.00. The van der Waals surface area contributed by atoms with Gasteiger partial charge in [-0.05, 0) is 98.1 Å². The number of anilines is 3. The van der Waals surface area contributed by atoms with E-state index in [1.54, 1.807) is 0 Å². The fourth-order valence-corrected chi connectivity index (χ4v) is 10.4. The molecule has 0 unspecified atom stereocenters. The lowest BCUT2D eigenvalue weighted by Crippen LogP contribution is -2.31. The molecule has 11 rings (SSSR count). The van der Waals surface area contributed by atoms with Crippen molar-refractivity contribution in [2.45, 2.75) is 24.7 Å². The molecule has 2 aliphatic carbocycles. The summed E-state index contributed by atoms with van der Waals surface area (Å²) in [5, 5.41) is 2.24. The summed E-state index contributed by atoms with van der Waals surface area (Å²) in [4.78, 5) is 2.46. The molecule has 0 fully saturated rings. The van der Waals surface area contributed by atoms with Crippen molar-refractivity contribution in [1.29, 1.82) is 0 Å². The maximum absolute atomic E-state index is 6.56. The van der Waals surface area contributed by atoms with Crippen LogP contribution < -0.4 is 4.90 Å². The maximum atomic E-state index is 6.56. The van der Waals surface area contributed by atoms with Crippen LogP contribution in [0.3, 0.4) is 0 Å². The van der Waals surface area contributed by atoms with Crippen LogP contribution in [-0.4, -0.2) is 0 Å². The van der Waals surface area contributed by atoms with Gasteiger partial charge in [0.1, 0.15) is 11.2 Å². The fraction of sp³-hybridized carbons (Fsp3) is 0.0769. The van der Waals surface area contributed by atoms with Crippen LogP contribution in [-0.2, 0) is 10.8 Å². The first-order chi connectivity index (χ1) is 27.0. The van der Waals surface area contributed by atoms with Crippen LogP contribution in [0.15, 0.2) is 191 Å². The number of hydrogen-bond donors (Lipinski definition) is 0. The molecule has 0 amide bonds. The second kappa shape index (κ2) is 11.9. The summed E-state index contributed by atoms with van der Waals surface area (Å²) < 4.78 is 7.63. The Labute approximate surface area is 329 Å². The molecule has 2 nitrogen and oxygen atoms in total. The van der Waals surface area contributed by atoms with E-state index in [1.165, 1.54) is 55.6 Å². The number of fused-ring (bicyclic) bond motifs is 9. The smallest absolute Gasteiger partial charge is 0.137 e. The van der Waals surface area contributed by atoms with E-state index in [0.29, 0.717) is 0 Å². The molecule has 0 saturated carbocycles. The van der Waals surface area contributed by atoms with Gasteiger partial charge in [-0.3, -0.25) is 0 Å². The Hall–Kier alpha value is -6.16. The zero-order valence-electron chi connectivity index (χ0n) is 30.6. The highest BCUT2D eigenvalue weighted by atomic mass is 79.9. The number of benzene rings is 8. The molecule has 0 N–H and O–H groups in total. The quantitative estimate of drug-likeness (QED) is 0.173. The minimum absolute atomic E-state index is 0.157. The molecule has 0 radical (unpaired) electrons. The van der Waals surface area contributed by atoms with Gasteiger partial charge in [0.25, 0.3) is 0 Å². The average molecular weight is 771 g/mol. The van der Waals surface area contributed by atoms with Gasteiger partial charge in [0.05, 0.1) is 11.1 Å².